The fourth-order valence-electron chi connectivity index (χ4n) is 2.70. The van der Waals surface area contributed by atoms with E-state index >= 15 is 0 Å². The van der Waals surface area contributed by atoms with E-state index in [-0.39, 0.29) is 12.2 Å². The van der Waals surface area contributed by atoms with Crippen molar-refractivity contribution in [2.45, 2.75) is 13.5 Å². The van der Waals surface area contributed by atoms with E-state index in [0.717, 1.165) is 27.4 Å². The Morgan fingerprint density at radius 1 is 1.07 bits per heavy atom. The molecule has 2 aromatic carbocycles. The van der Waals surface area contributed by atoms with Crippen molar-refractivity contribution in [3.63, 3.8) is 0 Å². The molecule has 4 rings (SSSR count). The summed E-state index contributed by atoms with van der Waals surface area (Å²) in [5.41, 5.74) is 1.89. The van der Waals surface area contributed by atoms with Crippen molar-refractivity contribution in [1.82, 2.24) is 10.2 Å². The predicted octanol–water partition coefficient (Wildman–Crippen LogP) is 4.28. The summed E-state index contributed by atoms with van der Waals surface area (Å²) >= 11 is 1.40. The summed E-state index contributed by atoms with van der Waals surface area (Å²) < 4.78 is 16.2. The Morgan fingerprint density at radius 2 is 1.86 bits per heavy atom. The highest BCUT2D eigenvalue weighted by Gasteiger charge is 2.08. The Morgan fingerprint density at radius 3 is 2.64 bits per heavy atom. The quantitative estimate of drug-likeness (QED) is 0.488. The molecule has 0 atom stereocenters. The highest BCUT2D eigenvalue weighted by atomic mass is 32.1. The van der Waals surface area contributed by atoms with Crippen LogP contribution in [-0.2, 0) is 6.61 Å². The zero-order chi connectivity index (χ0) is 19.5. The van der Waals surface area contributed by atoms with E-state index in [1.165, 1.54) is 17.4 Å². The van der Waals surface area contributed by atoms with Crippen LogP contribution in [0.1, 0.15) is 10.6 Å². The van der Waals surface area contributed by atoms with Crippen LogP contribution in [0.2, 0.25) is 0 Å². The molecule has 2 aromatic heterocycles. The van der Waals surface area contributed by atoms with Crippen LogP contribution in [0.5, 0.6) is 11.5 Å². The third kappa shape index (κ3) is 3.96. The Labute approximate surface area is 164 Å². The number of hydrogen-bond donors (Lipinski definition) is 1. The van der Waals surface area contributed by atoms with Crippen molar-refractivity contribution >= 4 is 33.1 Å². The lowest BCUT2D eigenvalue weighted by Gasteiger charge is -2.06. The number of aromatic nitrogens is 2. The zero-order valence-electron chi connectivity index (χ0n) is 15.3. The normalized spacial score (nSPS) is 10.8. The van der Waals surface area contributed by atoms with Gasteiger partial charge < -0.3 is 19.2 Å². The largest absolute Gasteiger partial charge is 0.497 e. The number of anilines is 2. The summed E-state index contributed by atoms with van der Waals surface area (Å²) in [6, 6.07) is 14.4. The van der Waals surface area contributed by atoms with Crippen LogP contribution in [-0.4, -0.2) is 17.3 Å². The topological polar surface area (TPSA) is 86.5 Å². The van der Waals surface area contributed by atoms with Gasteiger partial charge in [0.15, 0.2) is 5.01 Å². The van der Waals surface area contributed by atoms with E-state index in [2.05, 4.69) is 15.5 Å². The molecule has 0 aliphatic heterocycles. The van der Waals surface area contributed by atoms with E-state index in [1.807, 2.05) is 43.3 Å². The minimum atomic E-state index is -0.375. The maximum absolute atomic E-state index is 11.5. The van der Waals surface area contributed by atoms with E-state index in [1.54, 1.807) is 13.2 Å². The summed E-state index contributed by atoms with van der Waals surface area (Å²) in [6.07, 6.45) is 0. The molecule has 0 amide bonds. The minimum Gasteiger partial charge on any atom is -0.497 e. The molecule has 142 valence electrons. The van der Waals surface area contributed by atoms with Gasteiger partial charge in [-0.2, -0.15) is 0 Å². The maximum Gasteiger partial charge on any atom is 0.336 e. The van der Waals surface area contributed by atoms with Crippen LogP contribution < -0.4 is 20.4 Å². The molecule has 0 saturated carbocycles. The van der Waals surface area contributed by atoms with Gasteiger partial charge in [0, 0.05) is 23.2 Å². The number of aryl methyl sites for hydroxylation is 1. The number of benzene rings is 2. The Balaban J connectivity index is 1.42. The second kappa shape index (κ2) is 7.69. The molecular weight excluding hydrogens is 378 g/mol. The summed E-state index contributed by atoms with van der Waals surface area (Å²) in [7, 11) is 1.63. The molecule has 0 saturated heterocycles. The molecule has 2 heterocycles. The first-order valence-electron chi connectivity index (χ1n) is 8.51. The van der Waals surface area contributed by atoms with Crippen LogP contribution in [0.3, 0.4) is 0 Å². The summed E-state index contributed by atoms with van der Waals surface area (Å²) in [4.78, 5) is 11.5. The van der Waals surface area contributed by atoms with Gasteiger partial charge in [0.2, 0.25) is 5.13 Å². The second-order valence-electron chi connectivity index (χ2n) is 6.05. The Kier molecular flexibility index (Phi) is 4.94. The lowest BCUT2D eigenvalue weighted by atomic mass is 10.1. The van der Waals surface area contributed by atoms with E-state index in [9.17, 15) is 4.79 Å². The van der Waals surface area contributed by atoms with Crippen LogP contribution in [0, 0.1) is 6.92 Å². The van der Waals surface area contributed by atoms with E-state index in [0.29, 0.717) is 16.5 Å². The molecule has 28 heavy (non-hydrogen) atoms. The average molecular weight is 395 g/mol. The molecule has 7 nitrogen and oxygen atoms in total. The van der Waals surface area contributed by atoms with Crippen molar-refractivity contribution in [3.8, 4) is 11.5 Å². The third-order valence-corrected chi connectivity index (χ3v) is 4.91. The first-order chi connectivity index (χ1) is 13.6. The highest BCUT2D eigenvalue weighted by Crippen LogP contribution is 2.25. The molecule has 8 heteroatoms. The summed E-state index contributed by atoms with van der Waals surface area (Å²) in [5, 5.41) is 13.7. The fourth-order valence-corrected chi connectivity index (χ4v) is 3.37. The molecule has 0 spiro atoms. The van der Waals surface area contributed by atoms with Gasteiger partial charge in [-0.05, 0) is 48.9 Å². The van der Waals surface area contributed by atoms with Gasteiger partial charge in [0.25, 0.3) is 0 Å². The smallest absolute Gasteiger partial charge is 0.336 e. The lowest BCUT2D eigenvalue weighted by Crippen LogP contribution is -1.99. The fraction of sp³-hybridized carbons (Fsp3) is 0.150. The molecule has 0 aliphatic rings. The van der Waals surface area contributed by atoms with Crippen LogP contribution in [0.4, 0.5) is 10.8 Å². The molecule has 4 aromatic rings. The van der Waals surface area contributed by atoms with Gasteiger partial charge in [0.1, 0.15) is 23.7 Å². The van der Waals surface area contributed by atoms with Crippen molar-refractivity contribution < 1.29 is 13.9 Å². The molecule has 0 fully saturated rings. The number of rotatable bonds is 6. The highest BCUT2D eigenvalue weighted by molar-refractivity contribution is 7.15. The third-order valence-electron chi connectivity index (χ3n) is 4.09. The molecule has 0 unspecified atom stereocenters. The molecule has 0 radical (unpaired) electrons. The number of nitrogens with zero attached hydrogens (tertiary/aromatic N) is 2. The number of methoxy groups -OCH3 is 1. The monoisotopic (exact) mass is 395 g/mol. The Bertz CT molecular complexity index is 1170. The van der Waals surface area contributed by atoms with Gasteiger partial charge in [-0.3, -0.25) is 0 Å². The van der Waals surface area contributed by atoms with E-state index < -0.39 is 0 Å². The first-order valence-corrected chi connectivity index (χ1v) is 9.33. The number of fused-ring (bicyclic) bond motifs is 1. The minimum absolute atomic E-state index is 0.267. The van der Waals surface area contributed by atoms with E-state index in [4.69, 9.17) is 13.9 Å². The van der Waals surface area contributed by atoms with Crippen LogP contribution in [0.25, 0.3) is 11.0 Å². The van der Waals surface area contributed by atoms with Gasteiger partial charge in [-0.1, -0.05) is 11.3 Å². The van der Waals surface area contributed by atoms with Gasteiger partial charge >= 0.3 is 5.63 Å². The summed E-state index contributed by atoms with van der Waals surface area (Å²) in [6.45, 7) is 2.14. The molecular formula is C20H17N3O4S. The maximum atomic E-state index is 11.5. The van der Waals surface area contributed by atoms with Gasteiger partial charge in [0.05, 0.1) is 7.11 Å². The van der Waals surface area contributed by atoms with Gasteiger partial charge in [-0.15, -0.1) is 10.2 Å². The predicted molar refractivity (Wildman–Crippen MR) is 108 cm³/mol. The first kappa shape index (κ1) is 18.0. The molecule has 0 bridgehead atoms. The van der Waals surface area contributed by atoms with Crippen molar-refractivity contribution in [1.29, 1.82) is 0 Å². The second-order valence-corrected chi connectivity index (χ2v) is 7.11. The van der Waals surface area contributed by atoms with Crippen molar-refractivity contribution in [3.05, 3.63) is 69.5 Å². The van der Waals surface area contributed by atoms with Crippen molar-refractivity contribution in [2.75, 3.05) is 12.4 Å². The summed E-state index contributed by atoms with van der Waals surface area (Å²) in [5.74, 6) is 1.39. The SMILES string of the molecule is COc1ccc(Nc2nnc(COc3ccc4c(C)cc(=O)oc4c3)s2)cc1. The number of nitrogens with one attached hydrogen (secondary N) is 1. The van der Waals surface area contributed by atoms with Crippen molar-refractivity contribution in [2.24, 2.45) is 0 Å². The van der Waals surface area contributed by atoms with Gasteiger partial charge in [-0.25, -0.2) is 4.79 Å². The van der Waals surface area contributed by atoms with Crippen LogP contribution in [0.15, 0.2) is 57.7 Å². The molecule has 0 aliphatic carbocycles. The zero-order valence-corrected chi connectivity index (χ0v) is 16.1. The standard InChI is InChI=1S/C20H17N3O4S/c1-12-9-19(24)27-17-10-15(7-8-16(12)17)26-11-18-22-23-20(28-18)21-13-3-5-14(25-2)6-4-13/h3-10H,11H2,1-2H3,(H,21,23). The Hall–Kier alpha value is -3.39. The molecule has 1 N–H and O–H groups in total. The number of ether oxygens (including phenoxy) is 2. The number of hydrogen-bond acceptors (Lipinski definition) is 8. The average Bonchev–Trinajstić information content (AvgIpc) is 3.14. The van der Waals surface area contributed by atoms with Crippen LogP contribution >= 0.6 is 11.3 Å². The lowest BCUT2D eigenvalue weighted by molar-refractivity contribution is 0.304.